The fourth-order valence-corrected chi connectivity index (χ4v) is 2.87. The van der Waals surface area contributed by atoms with Crippen molar-refractivity contribution in [3.8, 4) is 0 Å². The summed E-state index contributed by atoms with van der Waals surface area (Å²) in [6.07, 6.45) is 1.87. The third kappa shape index (κ3) is 6.07. The molecule has 0 N–H and O–H groups in total. The highest BCUT2D eigenvalue weighted by atomic mass is 16.6. The molecule has 7 nitrogen and oxygen atoms in total. The molecule has 0 radical (unpaired) electrons. The van der Waals surface area contributed by atoms with Gasteiger partial charge in [0.05, 0.1) is 6.54 Å². The molecule has 0 aromatic carbocycles. The van der Waals surface area contributed by atoms with Gasteiger partial charge in [0.1, 0.15) is 17.1 Å². The van der Waals surface area contributed by atoms with Crippen LogP contribution in [0.15, 0.2) is 10.6 Å². The highest BCUT2D eigenvalue weighted by molar-refractivity contribution is 5.76. The van der Waals surface area contributed by atoms with Crippen molar-refractivity contribution in [3.63, 3.8) is 0 Å². The van der Waals surface area contributed by atoms with E-state index < -0.39 is 5.60 Å². The number of rotatable bonds is 4. The normalized spacial score (nSPS) is 16.0. The van der Waals surface area contributed by atoms with Crippen molar-refractivity contribution < 1.29 is 18.8 Å². The number of carbonyl (C=O) groups is 2. The molecular formula is C18H29N3O4. The Morgan fingerprint density at radius 3 is 2.52 bits per heavy atom. The van der Waals surface area contributed by atoms with Gasteiger partial charge in [-0.25, -0.2) is 4.79 Å². The van der Waals surface area contributed by atoms with Crippen LogP contribution in [0.1, 0.15) is 51.5 Å². The molecular weight excluding hydrogens is 322 g/mol. The molecule has 0 aliphatic carbocycles. The Labute approximate surface area is 149 Å². The number of aryl methyl sites for hydroxylation is 1. The Kier molecular flexibility index (Phi) is 6.08. The summed E-state index contributed by atoms with van der Waals surface area (Å²) in [6.45, 7) is 9.15. The summed E-state index contributed by atoms with van der Waals surface area (Å²) in [5, 5.41) is 3.92. The minimum absolute atomic E-state index is 0.0939. The smallest absolute Gasteiger partial charge is 0.410 e. The van der Waals surface area contributed by atoms with Crippen molar-refractivity contribution in [1.29, 1.82) is 0 Å². The Hall–Kier alpha value is -2.05. The van der Waals surface area contributed by atoms with E-state index in [-0.39, 0.29) is 12.0 Å². The van der Waals surface area contributed by atoms with Gasteiger partial charge < -0.3 is 19.1 Å². The Morgan fingerprint density at radius 2 is 2.00 bits per heavy atom. The zero-order valence-electron chi connectivity index (χ0n) is 15.9. The van der Waals surface area contributed by atoms with E-state index in [0.29, 0.717) is 32.0 Å². The van der Waals surface area contributed by atoms with Crippen LogP contribution in [0.5, 0.6) is 0 Å². The second-order valence-electron chi connectivity index (χ2n) is 7.79. The maximum absolute atomic E-state index is 12.4. The zero-order chi connectivity index (χ0) is 18.6. The van der Waals surface area contributed by atoms with Gasteiger partial charge >= 0.3 is 6.09 Å². The predicted molar refractivity (Wildman–Crippen MR) is 92.9 cm³/mol. The van der Waals surface area contributed by atoms with Gasteiger partial charge in [0.2, 0.25) is 5.91 Å². The zero-order valence-corrected chi connectivity index (χ0v) is 15.9. The monoisotopic (exact) mass is 351 g/mol. The predicted octanol–water partition coefficient (Wildman–Crippen LogP) is 2.98. The summed E-state index contributed by atoms with van der Waals surface area (Å²) in [6, 6.07) is 1.84. The summed E-state index contributed by atoms with van der Waals surface area (Å²) in [4.78, 5) is 27.9. The first kappa shape index (κ1) is 19.3. The molecule has 140 valence electrons. The Morgan fingerprint density at radius 1 is 1.36 bits per heavy atom. The lowest BCUT2D eigenvalue weighted by Crippen LogP contribution is -2.42. The number of amides is 2. The Bertz CT molecular complexity index is 598. The molecule has 0 spiro atoms. The second-order valence-corrected chi connectivity index (χ2v) is 7.79. The minimum Gasteiger partial charge on any atom is -0.444 e. The van der Waals surface area contributed by atoms with Gasteiger partial charge in [-0.05, 0) is 46.5 Å². The summed E-state index contributed by atoms with van der Waals surface area (Å²) < 4.78 is 10.4. The molecule has 1 saturated heterocycles. The van der Waals surface area contributed by atoms with Gasteiger partial charge in [0.15, 0.2) is 0 Å². The van der Waals surface area contributed by atoms with Crippen molar-refractivity contribution in [1.82, 2.24) is 15.0 Å². The van der Waals surface area contributed by atoms with E-state index >= 15 is 0 Å². The van der Waals surface area contributed by atoms with E-state index in [2.05, 4.69) is 5.16 Å². The van der Waals surface area contributed by atoms with Crippen LogP contribution >= 0.6 is 0 Å². The summed E-state index contributed by atoms with van der Waals surface area (Å²) in [5.74, 6) is 1.13. The number of piperidine rings is 1. The fourth-order valence-electron chi connectivity index (χ4n) is 2.87. The fraction of sp³-hybridized carbons (Fsp3) is 0.722. The van der Waals surface area contributed by atoms with Crippen LogP contribution in [-0.2, 0) is 16.1 Å². The van der Waals surface area contributed by atoms with Crippen molar-refractivity contribution in [2.75, 3.05) is 20.1 Å². The molecule has 1 aromatic rings. The molecule has 25 heavy (non-hydrogen) atoms. The molecule has 1 fully saturated rings. The van der Waals surface area contributed by atoms with Gasteiger partial charge in [-0.1, -0.05) is 5.16 Å². The lowest BCUT2D eigenvalue weighted by Gasteiger charge is -2.33. The summed E-state index contributed by atoms with van der Waals surface area (Å²) in [5.41, 5.74) is 0.277. The van der Waals surface area contributed by atoms with Crippen LogP contribution in [0.3, 0.4) is 0 Å². The number of ether oxygens (including phenoxy) is 1. The van der Waals surface area contributed by atoms with Crippen LogP contribution in [0, 0.1) is 12.8 Å². The molecule has 0 saturated carbocycles. The lowest BCUT2D eigenvalue weighted by molar-refractivity contribution is -0.131. The molecule has 1 aromatic heterocycles. The second kappa shape index (κ2) is 7.89. The van der Waals surface area contributed by atoms with Gasteiger partial charge in [0.25, 0.3) is 0 Å². The molecule has 2 amide bonds. The molecule has 2 heterocycles. The van der Waals surface area contributed by atoms with E-state index in [1.54, 1.807) is 16.8 Å². The van der Waals surface area contributed by atoms with Crippen LogP contribution in [0.25, 0.3) is 0 Å². The van der Waals surface area contributed by atoms with Gasteiger partial charge in [-0.15, -0.1) is 0 Å². The number of hydrogen-bond acceptors (Lipinski definition) is 5. The first-order valence-corrected chi connectivity index (χ1v) is 8.78. The number of hydrogen-bond donors (Lipinski definition) is 0. The minimum atomic E-state index is -0.480. The number of likely N-dealkylation sites (tertiary alicyclic amines) is 1. The number of carbonyl (C=O) groups excluding carboxylic acids is 2. The van der Waals surface area contributed by atoms with Crippen molar-refractivity contribution >= 4 is 12.0 Å². The lowest BCUT2D eigenvalue weighted by atomic mass is 9.93. The first-order chi connectivity index (χ1) is 11.6. The van der Waals surface area contributed by atoms with E-state index in [0.717, 1.165) is 24.3 Å². The molecule has 0 bridgehead atoms. The molecule has 0 atom stereocenters. The summed E-state index contributed by atoms with van der Waals surface area (Å²) >= 11 is 0. The third-order valence-electron chi connectivity index (χ3n) is 4.23. The maximum atomic E-state index is 12.4. The Balaban J connectivity index is 1.75. The summed E-state index contributed by atoms with van der Waals surface area (Å²) in [7, 11) is 1.78. The topological polar surface area (TPSA) is 75.9 Å². The van der Waals surface area contributed by atoms with E-state index in [9.17, 15) is 9.59 Å². The maximum Gasteiger partial charge on any atom is 0.410 e. The van der Waals surface area contributed by atoms with Crippen molar-refractivity contribution in [2.45, 2.75) is 59.1 Å². The van der Waals surface area contributed by atoms with Gasteiger partial charge in [0, 0.05) is 32.6 Å². The van der Waals surface area contributed by atoms with Gasteiger partial charge in [-0.2, -0.15) is 0 Å². The average molecular weight is 351 g/mol. The molecule has 1 aliphatic heterocycles. The highest BCUT2D eigenvalue weighted by Crippen LogP contribution is 2.23. The van der Waals surface area contributed by atoms with Crippen LogP contribution in [0.2, 0.25) is 0 Å². The van der Waals surface area contributed by atoms with Crippen molar-refractivity contribution in [3.05, 3.63) is 17.5 Å². The molecule has 1 aliphatic rings. The number of aromatic nitrogens is 1. The van der Waals surface area contributed by atoms with E-state index in [1.165, 1.54) is 0 Å². The van der Waals surface area contributed by atoms with Crippen LogP contribution in [0.4, 0.5) is 4.79 Å². The SMILES string of the molecule is Cc1cc(CN(C)C(=O)CC2CCN(C(=O)OC(C)(C)C)CC2)no1. The van der Waals surface area contributed by atoms with E-state index in [1.807, 2.05) is 33.8 Å². The largest absolute Gasteiger partial charge is 0.444 e. The average Bonchev–Trinajstić information content (AvgIpc) is 2.91. The molecule has 7 heteroatoms. The third-order valence-corrected chi connectivity index (χ3v) is 4.23. The van der Waals surface area contributed by atoms with Crippen LogP contribution in [-0.4, -0.2) is 52.7 Å². The standard InChI is InChI=1S/C18H29N3O4/c1-13-10-15(19-25-13)12-20(5)16(22)11-14-6-8-21(9-7-14)17(23)24-18(2,3)4/h10,14H,6-9,11-12H2,1-5H3. The first-order valence-electron chi connectivity index (χ1n) is 8.78. The molecule has 0 unspecified atom stereocenters. The van der Waals surface area contributed by atoms with E-state index in [4.69, 9.17) is 9.26 Å². The number of nitrogens with zero attached hydrogens (tertiary/aromatic N) is 3. The van der Waals surface area contributed by atoms with Crippen molar-refractivity contribution in [2.24, 2.45) is 5.92 Å². The molecule has 2 rings (SSSR count). The van der Waals surface area contributed by atoms with Gasteiger partial charge in [-0.3, -0.25) is 4.79 Å². The quantitative estimate of drug-likeness (QED) is 0.833. The highest BCUT2D eigenvalue weighted by Gasteiger charge is 2.28. The van der Waals surface area contributed by atoms with Crippen LogP contribution < -0.4 is 0 Å².